The standard InChI is InChI=1S/C16H30N2O/c1-17-12-15-8-5-11-18(13-15)16(19)10-9-14-6-3-2-4-7-14/h14-15,17H,2-13H2,1H3. The van der Waals surface area contributed by atoms with E-state index in [4.69, 9.17) is 0 Å². The molecule has 3 nitrogen and oxygen atoms in total. The molecule has 0 bridgehead atoms. The van der Waals surface area contributed by atoms with E-state index in [0.717, 1.165) is 38.4 Å². The predicted molar refractivity (Wildman–Crippen MR) is 79.0 cm³/mol. The Morgan fingerprint density at radius 3 is 2.58 bits per heavy atom. The van der Waals surface area contributed by atoms with Crippen molar-refractivity contribution in [2.75, 3.05) is 26.7 Å². The number of carbonyl (C=O) groups excluding carboxylic acids is 1. The molecule has 1 aliphatic carbocycles. The molecule has 0 radical (unpaired) electrons. The molecule has 110 valence electrons. The minimum Gasteiger partial charge on any atom is -0.342 e. The van der Waals surface area contributed by atoms with Gasteiger partial charge in [0.1, 0.15) is 0 Å². The van der Waals surface area contributed by atoms with Gasteiger partial charge in [-0.05, 0) is 44.7 Å². The molecule has 1 aliphatic heterocycles. The van der Waals surface area contributed by atoms with E-state index in [-0.39, 0.29) is 0 Å². The van der Waals surface area contributed by atoms with Crippen molar-refractivity contribution in [1.29, 1.82) is 0 Å². The summed E-state index contributed by atoms with van der Waals surface area (Å²) >= 11 is 0. The number of hydrogen-bond donors (Lipinski definition) is 1. The van der Waals surface area contributed by atoms with Crippen molar-refractivity contribution in [3.63, 3.8) is 0 Å². The Bertz CT molecular complexity index is 272. The first-order chi connectivity index (χ1) is 9.29. The van der Waals surface area contributed by atoms with E-state index >= 15 is 0 Å². The van der Waals surface area contributed by atoms with Crippen molar-refractivity contribution in [1.82, 2.24) is 10.2 Å². The molecule has 1 saturated heterocycles. The maximum absolute atomic E-state index is 12.3. The quantitative estimate of drug-likeness (QED) is 0.830. The van der Waals surface area contributed by atoms with Crippen LogP contribution in [0.15, 0.2) is 0 Å². The lowest BCUT2D eigenvalue weighted by Gasteiger charge is -2.33. The fraction of sp³-hybridized carbons (Fsp3) is 0.938. The van der Waals surface area contributed by atoms with E-state index in [1.807, 2.05) is 7.05 Å². The van der Waals surface area contributed by atoms with Gasteiger partial charge in [-0.2, -0.15) is 0 Å². The first kappa shape index (κ1) is 14.8. The SMILES string of the molecule is CNCC1CCCN(C(=O)CCC2CCCCC2)C1. The Labute approximate surface area is 118 Å². The van der Waals surface area contributed by atoms with Crippen LogP contribution in [0.1, 0.15) is 57.8 Å². The highest BCUT2D eigenvalue weighted by atomic mass is 16.2. The molecule has 19 heavy (non-hydrogen) atoms. The van der Waals surface area contributed by atoms with Crippen LogP contribution in [0.3, 0.4) is 0 Å². The fourth-order valence-electron chi connectivity index (χ4n) is 3.71. The van der Waals surface area contributed by atoms with Gasteiger partial charge in [-0.3, -0.25) is 4.79 Å². The van der Waals surface area contributed by atoms with E-state index in [1.165, 1.54) is 44.9 Å². The molecule has 2 fully saturated rings. The minimum atomic E-state index is 0.409. The molecular formula is C16H30N2O. The van der Waals surface area contributed by atoms with E-state index in [9.17, 15) is 4.79 Å². The van der Waals surface area contributed by atoms with Crippen molar-refractivity contribution in [3.8, 4) is 0 Å². The summed E-state index contributed by atoms with van der Waals surface area (Å²) in [5.41, 5.74) is 0. The van der Waals surface area contributed by atoms with Crippen LogP contribution in [0.4, 0.5) is 0 Å². The Morgan fingerprint density at radius 2 is 1.84 bits per heavy atom. The molecular weight excluding hydrogens is 236 g/mol. The minimum absolute atomic E-state index is 0.409. The molecule has 3 heteroatoms. The van der Waals surface area contributed by atoms with Crippen LogP contribution in [0.5, 0.6) is 0 Å². The molecule has 1 N–H and O–H groups in total. The van der Waals surface area contributed by atoms with Crippen LogP contribution in [0, 0.1) is 11.8 Å². The summed E-state index contributed by atoms with van der Waals surface area (Å²) in [5.74, 6) is 1.90. The number of likely N-dealkylation sites (tertiary alicyclic amines) is 1. The average Bonchev–Trinajstić information content (AvgIpc) is 2.46. The number of nitrogens with one attached hydrogen (secondary N) is 1. The summed E-state index contributed by atoms with van der Waals surface area (Å²) in [6, 6.07) is 0. The molecule has 1 heterocycles. The zero-order chi connectivity index (χ0) is 13.5. The smallest absolute Gasteiger partial charge is 0.222 e. The highest BCUT2D eigenvalue weighted by Crippen LogP contribution is 2.28. The van der Waals surface area contributed by atoms with E-state index in [2.05, 4.69) is 10.2 Å². The zero-order valence-electron chi connectivity index (χ0n) is 12.5. The molecule has 0 aromatic rings. The third-order valence-corrected chi connectivity index (χ3v) is 4.86. The van der Waals surface area contributed by atoms with Gasteiger partial charge in [-0.1, -0.05) is 32.1 Å². The third-order valence-electron chi connectivity index (χ3n) is 4.86. The summed E-state index contributed by atoms with van der Waals surface area (Å²) < 4.78 is 0. The zero-order valence-corrected chi connectivity index (χ0v) is 12.5. The summed E-state index contributed by atoms with van der Waals surface area (Å²) in [4.78, 5) is 14.4. The predicted octanol–water partition coefficient (Wildman–Crippen LogP) is 2.80. The lowest BCUT2D eigenvalue weighted by Crippen LogP contribution is -2.42. The Kier molecular flexibility index (Phi) is 6.15. The van der Waals surface area contributed by atoms with Crippen LogP contribution in [0.2, 0.25) is 0 Å². The topological polar surface area (TPSA) is 32.3 Å². The first-order valence-corrected chi connectivity index (χ1v) is 8.22. The summed E-state index contributed by atoms with van der Waals surface area (Å²) in [6.07, 6.45) is 11.3. The van der Waals surface area contributed by atoms with Gasteiger partial charge in [0.2, 0.25) is 5.91 Å². The summed E-state index contributed by atoms with van der Waals surface area (Å²) in [7, 11) is 2.00. The highest BCUT2D eigenvalue weighted by molar-refractivity contribution is 5.76. The van der Waals surface area contributed by atoms with Gasteiger partial charge in [-0.25, -0.2) is 0 Å². The van der Waals surface area contributed by atoms with Gasteiger partial charge in [0.15, 0.2) is 0 Å². The lowest BCUT2D eigenvalue weighted by molar-refractivity contribution is -0.133. The maximum atomic E-state index is 12.3. The van der Waals surface area contributed by atoms with Crippen LogP contribution < -0.4 is 5.32 Å². The Morgan fingerprint density at radius 1 is 1.11 bits per heavy atom. The fourth-order valence-corrected chi connectivity index (χ4v) is 3.71. The molecule has 1 atom stereocenters. The van der Waals surface area contributed by atoms with E-state index in [1.54, 1.807) is 0 Å². The Hall–Kier alpha value is -0.570. The number of amides is 1. The third kappa shape index (κ3) is 4.79. The van der Waals surface area contributed by atoms with Crippen molar-refractivity contribution in [3.05, 3.63) is 0 Å². The van der Waals surface area contributed by atoms with Crippen LogP contribution >= 0.6 is 0 Å². The van der Waals surface area contributed by atoms with Gasteiger partial charge in [0.25, 0.3) is 0 Å². The van der Waals surface area contributed by atoms with Gasteiger partial charge in [-0.15, -0.1) is 0 Å². The van der Waals surface area contributed by atoms with Crippen molar-refractivity contribution >= 4 is 5.91 Å². The Balaban J connectivity index is 1.69. The number of nitrogens with zero attached hydrogens (tertiary/aromatic N) is 1. The second-order valence-corrected chi connectivity index (χ2v) is 6.45. The maximum Gasteiger partial charge on any atom is 0.222 e. The number of rotatable bonds is 5. The van der Waals surface area contributed by atoms with E-state index in [0.29, 0.717) is 11.8 Å². The van der Waals surface area contributed by atoms with Gasteiger partial charge in [0.05, 0.1) is 0 Å². The second-order valence-electron chi connectivity index (χ2n) is 6.45. The lowest BCUT2D eigenvalue weighted by atomic mass is 9.86. The number of piperidine rings is 1. The summed E-state index contributed by atoms with van der Waals surface area (Å²) in [6.45, 7) is 3.01. The average molecular weight is 266 g/mol. The van der Waals surface area contributed by atoms with Crippen LogP contribution in [-0.2, 0) is 4.79 Å². The molecule has 1 unspecified atom stereocenters. The molecule has 1 amide bonds. The highest BCUT2D eigenvalue weighted by Gasteiger charge is 2.23. The molecule has 2 rings (SSSR count). The van der Waals surface area contributed by atoms with Gasteiger partial charge >= 0.3 is 0 Å². The molecule has 0 aromatic heterocycles. The monoisotopic (exact) mass is 266 g/mol. The molecule has 0 aromatic carbocycles. The normalized spacial score (nSPS) is 25.5. The summed E-state index contributed by atoms with van der Waals surface area (Å²) in [5, 5.41) is 3.24. The second kappa shape index (κ2) is 7.88. The van der Waals surface area contributed by atoms with Gasteiger partial charge < -0.3 is 10.2 Å². The number of carbonyl (C=O) groups is 1. The van der Waals surface area contributed by atoms with Crippen molar-refractivity contribution in [2.45, 2.75) is 57.8 Å². The van der Waals surface area contributed by atoms with Crippen molar-refractivity contribution < 1.29 is 4.79 Å². The molecule has 2 aliphatic rings. The largest absolute Gasteiger partial charge is 0.342 e. The van der Waals surface area contributed by atoms with E-state index < -0.39 is 0 Å². The van der Waals surface area contributed by atoms with Crippen LogP contribution in [0.25, 0.3) is 0 Å². The number of hydrogen-bond acceptors (Lipinski definition) is 2. The molecule has 1 saturated carbocycles. The molecule has 0 spiro atoms. The van der Waals surface area contributed by atoms with Crippen LogP contribution in [-0.4, -0.2) is 37.5 Å². The van der Waals surface area contributed by atoms with Gasteiger partial charge in [0, 0.05) is 19.5 Å². The first-order valence-electron chi connectivity index (χ1n) is 8.22. The van der Waals surface area contributed by atoms with Crippen molar-refractivity contribution in [2.24, 2.45) is 11.8 Å².